The van der Waals surface area contributed by atoms with Gasteiger partial charge in [-0.05, 0) is 30.2 Å². The molecular formula is C12H15ClO3S. The van der Waals surface area contributed by atoms with Crippen LogP contribution in [0.1, 0.15) is 24.2 Å². The lowest BCUT2D eigenvalue weighted by atomic mass is 10.0. The molecule has 0 fully saturated rings. The van der Waals surface area contributed by atoms with Crippen molar-refractivity contribution in [2.24, 2.45) is 0 Å². The maximum Gasteiger partial charge on any atom is 0.185 e. The largest absolute Gasteiger partial charge is 0.389 e. The maximum absolute atomic E-state index is 10.8. The fraction of sp³-hybridized carbons (Fsp3) is 0.417. The first-order valence-electron chi connectivity index (χ1n) is 5.17. The molecule has 0 aliphatic rings. The van der Waals surface area contributed by atoms with E-state index < -0.39 is 12.2 Å². The molecule has 3 nitrogen and oxygen atoms in total. The number of thioether (sulfide) groups is 1. The molecule has 1 rings (SSSR count). The van der Waals surface area contributed by atoms with Crippen molar-refractivity contribution in [2.45, 2.75) is 26.1 Å². The van der Waals surface area contributed by atoms with Crippen molar-refractivity contribution >= 4 is 28.5 Å². The molecule has 0 saturated heterocycles. The van der Waals surface area contributed by atoms with Gasteiger partial charge in [0.15, 0.2) is 5.12 Å². The third-order valence-electron chi connectivity index (χ3n) is 2.37. The molecule has 2 N–H and O–H groups in total. The molecule has 5 heteroatoms. The average molecular weight is 275 g/mol. The van der Waals surface area contributed by atoms with E-state index in [1.165, 1.54) is 6.92 Å². The van der Waals surface area contributed by atoms with Gasteiger partial charge in [0.1, 0.15) is 6.10 Å². The summed E-state index contributed by atoms with van der Waals surface area (Å²) in [5, 5.41) is 20.2. The summed E-state index contributed by atoms with van der Waals surface area (Å²) in [4.78, 5) is 10.8. The second kappa shape index (κ2) is 6.40. The van der Waals surface area contributed by atoms with Gasteiger partial charge in [-0.2, -0.15) is 0 Å². The summed E-state index contributed by atoms with van der Waals surface area (Å²) in [6.45, 7) is 3.24. The Hall–Kier alpha value is -0.550. The van der Waals surface area contributed by atoms with Crippen LogP contribution in [0, 0.1) is 6.92 Å². The summed E-state index contributed by atoms with van der Waals surface area (Å²) in [5.74, 6) is 0.179. The molecule has 0 aliphatic heterocycles. The standard InChI is InChI=1S/C12H15ClO3S/c1-7-5-9(13)3-4-10(7)12(16)11(15)6-17-8(2)14/h3-5,11-12,15-16H,6H2,1-2H3. The number of carbonyl (C=O) groups excluding carboxylic acids is 1. The van der Waals surface area contributed by atoms with Crippen molar-refractivity contribution < 1.29 is 15.0 Å². The highest BCUT2D eigenvalue weighted by atomic mass is 35.5. The van der Waals surface area contributed by atoms with Crippen LogP contribution in [0.15, 0.2) is 18.2 Å². The molecule has 0 spiro atoms. The van der Waals surface area contributed by atoms with Crippen LogP contribution in [-0.4, -0.2) is 27.2 Å². The molecule has 0 bridgehead atoms. The van der Waals surface area contributed by atoms with Crippen LogP contribution in [0.3, 0.4) is 0 Å². The quantitative estimate of drug-likeness (QED) is 0.885. The zero-order chi connectivity index (χ0) is 13.0. The average Bonchev–Trinajstić information content (AvgIpc) is 2.25. The Kier molecular flexibility index (Phi) is 5.46. The fourth-order valence-electron chi connectivity index (χ4n) is 1.47. The van der Waals surface area contributed by atoms with Crippen molar-refractivity contribution in [3.8, 4) is 0 Å². The monoisotopic (exact) mass is 274 g/mol. The Morgan fingerprint density at radius 2 is 2.12 bits per heavy atom. The van der Waals surface area contributed by atoms with Crippen LogP contribution in [0.2, 0.25) is 5.02 Å². The van der Waals surface area contributed by atoms with E-state index in [0.29, 0.717) is 10.6 Å². The first-order chi connectivity index (χ1) is 7.91. The molecule has 2 unspecified atom stereocenters. The van der Waals surface area contributed by atoms with Gasteiger partial charge in [-0.3, -0.25) is 4.79 Å². The van der Waals surface area contributed by atoms with E-state index in [0.717, 1.165) is 17.3 Å². The van der Waals surface area contributed by atoms with Gasteiger partial charge < -0.3 is 10.2 Å². The number of carbonyl (C=O) groups is 1. The van der Waals surface area contributed by atoms with Gasteiger partial charge in [0.05, 0.1) is 6.10 Å². The number of aryl methyl sites for hydroxylation is 1. The lowest BCUT2D eigenvalue weighted by Gasteiger charge is -2.19. The molecule has 0 aromatic heterocycles. The van der Waals surface area contributed by atoms with Crippen LogP contribution < -0.4 is 0 Å². The number of halogens is 1. The molecule has 0 aliphatic carbocycles. The number of hydrogen-bond donors (Lipinski definition) is 2. The Morgan fingerprint density at radius 1 is 1.47 bits per heavy atom. The molecule has 17 heavy (non-hydrogen) atoms. The normalized spacial score (nSPS) is 14.4. The SMILES string of the molecule is CC(=O)SCC(O)C(O)c1ccc(Cl)cc1C. The number of aliphatic hydroxyl groups is 2. The summed E-state index contributed by atoms with van der Waals surface area (Å²) >= 11 is 6.81. The number of aliphatic hydroxyl groups excluding tert-OH is 2. The molecule has 0 heterocycles. The maximum atomic E-state index is 10.8. The summed E-state index contributed by atoms with van der Waals surface area (Å²) in [7, 11) is 0. The van der Waals surface area contributed by atoms with Crippen LogP contribution in [0.4, 0.5) is 0 Å². The third kappa shape index (κ3) is 4.32. The van der Waals surface area contributed by atoms with Gasteiger partial charge >= 0.3 is 0 Å². The Morgan fingerprint density at radius 3 is 2.65 bits per heavy atom. The minimum atomic E-state index is -1.00. The summed E-state index contributed by atoms with van der Waals surface area (Å²) < 4.78 is 0. The molecule has 2 atom stereocenters. The highest BCUT2D eigenvalue weighted by molar-refractivity contribution is 8.13. The zero-order valence-electron chi connectivity index (χ0n) is 9.68. The van der Waals surface area contributed by atoms with Crippen molar-refractivity contribution in [1.29, 1.82) is 0 Å². The van der Waals surface area contributed by atoms with E-state index in [4.69, 9.17) is 11.6 Å². The summed E-state index contributed by atoms with van der Waals surface area (Å²) in [6.07, 6.45) is -1.97. The van der Waals surface area contributed by atoms with Gasteiger partial charge in [-0.15, -0.1) is 0 Å². The second-order valence-corrected chi connectivity index (χ2v) is 5.45. The third-order valence-corrected chi connectivity index (χ3v) is 3.52. The van der Waals surface area contributed by atoms with Gasteiger partial charge in [0.25, 0.3) is 0 Å². The summed E-state index contributed by atoms with van der Waals surface area (Å²) in [6, 6.07) is 5.08. The van der Waals surface area contributed by atoms with Gasteiger partial charge in [0, 0.05) is 17.7 Å². The minimum absolute atomic E-state index is 0.0796. The smallest absolute Gasteiger partial charge is 0.185 e. The lowest BCUT2D eigenvalue weighted by Crippen LogP contribution is -2.22. The van der Waals surface area contributed by atoms with E-state index >= 15 is 0 Å². The van der Waals surface area contributed by atoms with E-state index in [1.54, 1.807) is 18.2 Å². The number of hydrogen-bond acceptors (Lipinski definition) is 4. The topological polar surface area (TPSA) is 57.5 Å². The number of rotatable bonds is 4. The molecule has 0 amide bonds. The Balaban J connectivity index is 2.74. The highest BCUT2D eigenvalue weighted by Gasteiger charge is 2.20. The summed E-state index contributed by atoms with van der Waals surface area (Å²) in [5.41, 5.74) is 1.45. The van der Waals surface area contributed by atoms with Gasteiger partial charge in [-0.1, -0.05) is 29.4 Å². The molecular weight excluding hydrogens is 260 g/mol. The van der Waals surface area contributed by atoms with Crippen LogP contribution >= 0.6 is 23.4 Å². The van der Waals surface area contributed by atoms with Crippen molar-refractivity contribution in [1.82, 2.24) is 0 Å². The molecule has 0 saturated carbocycles. The van der Waals surface area contributed by atoms with Crippen molar-refractivity contribution in [2.75, 3.05) is 5.75 Å². The van der Waals surface area contributed by atoms with Gasteiger partial charge in [-0.25, -0.2) is 0 Å². The molecule has 1 aromatic rings. The minimum Gasteiger partial charge on any atom is -0.389 e. The zero-order valence-corrected chi connectivity index (χ0v) is 11.3. The van der Waals surface area contributed by atoms with E-state index in [2.05, 4.69) is 0 Å². The lowest BCUT2D eigenvalue weighted by molar-refractivity contribution is -0.109. The van der Waals surface area contributed by atoms with Crippen molar-refractivity contribution in [3.63, 3.8) is 0 Å². The Labute approximate surface area is 110 Å². The van der Waals surface area contributed by atoms with Crippen LogP contribution in [0.5, 0.6) is 0 Å². The second-order valence-electron chi connectivity index (χ2n) is 3.82. The highest BCUT2D eigenvalue weighted by Crippen LogP contribution is 2.25. The molecule has 0 radical (unpaired) electrons. The first-order valence-corrected chi connectivity index (χ1v) is 6.53. The van der Waals surface area contributed by atoms with Crippen LogP contribution in [-0.2, 0) is 4.79 Å². The molecule has 94 valence electrons. The van der Waals surface area contributed by atoms with E-state index in [9.17, 15) is 15.0 Å². The predicted molar refractivity (Wildman–Crippen MR) is 70.3 cm³/mol. The number of benzene rings is 1. The predicted octanol–water partition coefficient (Wildman–Crippen LogP) is 2.32. The first kappa shape index (κ1) is 14.5. The van der Waals surface area contributed by atoms with E-state index in [1.807, 2.05) is 6.92 Å². The molecule has 1 aromatic carbocycles. The van der Waals surface area contributed by atoms with Crippen LogP contribution in [0.25, 0.3) is 0 Å². The van der Waals surface area contributed by atoms with Gasteiger partial charge in [0.2, 0.25) is 0 Å². The van der Waals surface area contributed by atoms with Crippen molar-refractivity contribution in [3.05, 3.63) is 34.3 Å². The fourth-order valence-corrected chi connectivity index (χ4v) is 2.29. The van der Waals surface area contributed by atoms with E-state index in [-0.39, 0.29) is 10.9 Å². The Bertz CT molecular complexity index is 409.